The Morgan fingerprint density at radius 1 is 0.615 bits per heavy atom. The molecule has 1 aromatic rings. The number of benzene rings is 1. The van der Waals surface area contributed by atoms with Crippen molar-refractivity contribution in [3.63, 3.8) is 0 Å². The molecule has 0 spiro atoms. The summed E-state index contributed by atoms with van der Waals surface area (Å²) in [7, 11) is 0. The highest BCUT2D eigenvalue weighted by molar-refractivity contribution is 5.81. The second-order valence-electron chi connectivity index (χ2n) is 17.1. The number of hydrogen-bond donors (Lipinski definition) is 2. The van der Waals surface area contributed by atoms with Crippen LogP contribution < -0.4 is 9.47 Å². The molecule has 8 fully saturated rings. The highest BCUT2D eigenvalue weighted by Gasteiger charge is 2.56. The maximum absolute atomic E-state index is 11.4. The lowest BCUT2D eigenvalue weighted by atomic mass is 9.46. The summed E-state index contributed by atoms with van der Waals surface area (Å²) in [5.74, 6) is 5.08. The second kappa shape index (κ2) is 16.2. The van der Waals surface area contributed by atoms with E-state index in [0.717, 1.165) is 97.7 Å². The SMILES string of the molecule is C=CC(=O)OCCOCC(O)COc1cc(C23CC4CC(CC(C4)C2)C3)c(OCC(O)COCCOC(=O)C=C)c(C23CC4CC(CC(C4)C2)C3)c1. The Balaban J connectivity index is 1.14. The average molecular weight is 723 g/mol. The number of aliphatic hydroxyl groups is 2. The summed E-state index contributed by atoms with van der Waals surface area (Å²) < 4.78 is 34.6. The van der Waals surface area contributed by atoms with Crippen molar-refractivity contribution in [3.05, 3.63) is 48.6 Å². The minimum atomic E-state index is -0.854. The summed E-state index contributed by atoms with van der Waals surface area (Å²) in [5, 5.41) is 21.9. The smallest absolute Gasteiger partial charge is 0.330 e. The van der Waals surface area contributed by atoms with E-state index in [4.69, 9.17) is 28.4 Å². The Morgan fingerprint density at radius 3 is 1.35 bits per heavy atom. The molecule has 0 amide bonds. The van der Waals surface area contributed by atoms with Crippen molar-refractivity contribution in [3.8, 4) is 11.5 Å². The average Bonchev–Trinajstić information content (AvgIpc) is 3.11. The van der Waals surface area contributed by atoms with Crippen molar-refractivity contribution < 1.29 is 48.2 Å². The van der Waals surface area contributed by atoms with E-state index >= 15 is 0 Å². The molecule has 1 aromatic carbocycles. The normalized spacial score (nSPS) is 33.3. The Hall–Kier alpha value is -2.92. The predicted octanol–water partition coefficient (Wildman–Crippen LogP) is 5.59. The van der Waals surface area contributed by atoms with Crippen molar-refractivity contribution >= 4 is 11.9 Å². The molecule has 286 valence electrons. The quantitative estimate of drug-likeness (QED) is 0.0998. The summed E-state index contributed by atoms with van der Waals surface area (Å²) >= 11 is 0. The van der Waals surface area contributed by atoms with Crippen LogP contribution in [0.25, 0.3) is 0 Å². The molecule has 0 radical (unpaired) electrons. The van der Waals surface area contributed by atoms with Crippen LogP contribution in [-0.2, 0) is 39.4 Å². The van der Waals surface area contributed by atoms with Crippen LogP contribution >= 0.6 is 0 Å². The molecule has 2 unspecified atom stereocenters. The van der Waals surface area contributed by atoms with Crippen LogP contribution in [0.5, 0.6) is 11.5 Å². The van der Waals surface area contributed by atoms with Gasteiger partial charge in [-0.25, -0.2) is 9.59 Å². The molecule has 52 heavy (non-hydrogen) atoms. The van der Waals surface area contributed by atoms with Gasteiger partial charge in [0.1, 0.15) is 50.1 Å². The van der Waals surface area contributed by atoms with Crippen molar-refractivity contribution in [1.82, 2.24) is 0 Å². The van der Waals surface area contributed by atoms with Crippen LogP contribution in [0.3, 0.4) is 0 Å². The van der Waals surface area contributed by atoms with E-state index in [1.165, 1.54) is 49.7 Å². The van der Waals surface area contributed by atoms with Gasteiger partial charge in [0.15, 0.2) is 0 Å². The molecule has 9 rings (SSSR count). The molecular weight excluding hydrogens is 664 g/mol. The van der Waals surface area contributed by atoms with Crippen molar-refractivity contribution in [2.45, 2.75) is 100 Å². The summed E-state index contributed by atoms with van der Waals surface area (Å²) in [4.78, 5) is 22.7. The minimum absolute atomic E-state index is 0.00157. The summed E-state index contributed by atoms with van der Waals surface area (Å²) in [6.45, 7) is 7.65. The first-order valence-corrected chi connectivity index (χ1v) is 19.7. The highest BCUT2D eigenvalue weighted by Crippen LogP contribution is 2.66. The minimum Gasteiger partial charge on any atom is -0.491 e. The highest BCUT2D eigenvalue weighted by atomic mass is 16.6. The molecule has 8 bridgehead atoms. The van der Waals surface area contributed by atoms with E-state index in [2.05, 4.69) is 25.3 Å². The summed E-state index contributed by atoms with van der Waals surface area (Å²) in [6, 6.07) is 4.40. The van der Waals surface area contributed by atoms with Gasteiger partial charge in [-0.3, -0.25) is 0 Å². The maximum Gasteiger partial charge on any atom is 0.330 e. The van der Waals surface area contributed by atoms with Crippen LogP contribution in [0, 0.1) is 35.5 Å². The molecular formula is C42H58O10. The van der Waals surface area contributed by atoms with Crippen LogP contribution in [0.15, 0.2) is 37.4 Å². The molecule has 2 N–H and O–H groups in total. The van der Waals surface area contributed by atoms with E-state index in [0.29, 0.717) is 0 Å². The van der Waals surface area contributed by atoms with Crippen molar-refractivity contribution in [1.29, 1.82) is 0 Å². The first kappa shape index (κ1) is 37.4. The largest absolute Gasteiger partial charge is 0.491 e. The van der Waals surface area contributed by atoms with Crippen LogP contribution in [0.1, 0.15) is 88.2 Å². The van der Waals surface area contributed by atoms with Crippen LogP contribution in [-0.4, -0.2) is 87.2 Å². The topological polar surface area (TPSA) is 130 Å². The molecule has 8 aliphatic rings. The van der Waals surface area contributed by atoms with Gasteiger partial charge in [-0.2, -0.15) is 0 Å². The van der Waals surface area contributed by atoms with E-state index in [1.807, 2.05) is 0 Å². The molecule has 2 atom stereocenters. The number of rotatable bonds is 20. The molecule has 10 nitrogen and oxygen atoms in total. The zero-order chi connectivity index (χ0) is 36.3. The van der Waals surface area contributed by atoms with Gasteiger partial charge in [0, 0.05) is 23.3 Å². The third-order valence-corrected chi connectivity index (χ3v) is 13.0. The van der Waals surface area contributed by atoms with E-state index < -0.39 is 24.1 Å². The second-order valence-corrected chi connectivity index (χ2v) is 17.1. The molecule has 0 heterocycles. The summed E-state index contributed by atoms with van der Waals surface area (Å²) in [6.07, 6.45) is 15.4. The van der Waals surface area contributed by atoms with Crippen molar-refractivity contribution in [2.75, 3.05) is 52.9 Å². The number of aliphatic hydroxyl groups excluding tert-OH is 2. The van der Waals surface area contributed by atoms with Gasteiger partial charge in [0.2, 0.25) is 0 Å². The van der Waals surface area contributed by atoms with Crippen LogP contribution in [0.4, 0.5) is 0 Å². The van der Waals surface area contributed by atoms with E-state index in [9.17, 15) is 19.8 Å². The molecule has 8 saturated carbocycles. The lowest BCUT2D eigenvalue weighted by molar-refractivity contribution is -0.140. The number of ether oxygens (including phenoxy) is 6. The zero-order valence-corrected chi connectivity index (χ0v) is 30.6. The zero-order valence-electron chi connectivity index (χ0n) is 30.6. The standard InChI is InChI=1S/C42H58O10/c1-3-38(45)49-7-5-47-23-33(43)25-51-35-15-36(41-17-27-9-28(18-41)11-29(10-27)19-41)40(52-26-34(44)24-48-6-8-50-39(46)4-2)37(16-35)42-20-30-12-31(21-42)14-32(13-30)22-42/h3-4,15-16,27-34,43-44H,1-2,5-14,17-26H2. The summed E-state index contributed by atoms with van der Waals surface area (Å²) in [5.41, 5.74) is 2.46. The third-order valence-electron chi connectivity index (χ3n) is 13.0. The van der Waals surface area contributed by atoms with E-state index in [-0.39, 0.29) is 63.7 Å². The number of esters is 2. The van der Waals surface area contributed by atoms with Gasteiger partial charge in [0.05, 0.1) is 26.4 Å². The molecule has 0 saturated heterocycles. The Morgan fingerprint density at radius 2 is 0.981 bits per heavy atom. The van der Waals surface area contributed by atoms with Gasteiger partial charge in [-0.05, 0) is 136 Å². The first-order chi connectivity index (χ1) is 25.2. The predicted molar refractivity (Wildman–Crippen MR) is 193 cm³/mol. The molecule has 10 heteroatoms. The maximum atomic E-state index is 11.4. The fraction of sp³-hybridized carbons (Fsp3) is 0.714. The number of hydrogen-bond acceptors (Lipinski definition) is 10. The Kier molecular flexibility index (Phi) is 11.7. The molecule has 0 aromatic heterocycles. The Bertz CT molecular complexity index is 1320. The van der Waals surface area contributed by atoms with Crippen molar-refractivity contribution in [2.24, 2.45) is 35.5 Å². The lowest BCUT2D eigenvalue weighted by Crippen LogP contribution is -2.50. The fourth-order valence-electron chi connectivity index (χ4n) is 11.9. The molecule has 8 aliphatic carbocycles. The number of carbonyl (C=O) groups is 2. The third kappa shape index (κ3) is 8.40. The van der Waals surface area contributed by atoms with Gasteiger partial charge >= 0.3 is 11.9 Å². The van der Waals surface area contributed by atoms with Crippen LogP contribution in [0.2, 0.25) is 0 Å². The van der Waals surface area contributed by atoms with Gasteiger partial charge in [0.25, 0.3) is 0 Å². The Labute approximate surface area is 308 Å². The van der Waals surface area contributed by atoms with Gasteiger partial charge in [-0.15, -0.1) is 0 Å². The van der Waals surface area contributed by atoms with Gasteiger partial charge < -0.3 is 38.6 Å². The lowest BCUT2D eigenvalue weighted by Gasteiger charge is -2.59. The number of carbonyl (C=O) groups excluding carboxylic acids is 2. The monoisotopic (exact) mass is 722 g/mol. The molecule has 0 aliphatic heterocycles. The first-order valence-electron chi connectivity index (χ1n) is 19.7. The van der Waals surface area contributed by atoms with Gasteiger partial charge in [-0.1, -0.05) is 13.2 Å². The fourth-order valence-corrected chi connectivity index (χ4v) is 11.9. The van der Waals surface area contributed by atoms with E-state index in [1.54, 1.807) is 0 Å².